The zero-order valence-electron chi connectivity index (χ0n) is 16.5. The summed E-state index contributed by atoms with van der Waals surface area (Å²) in [6.45, 7) is 1.27. The third-order valence-electron chi connectivity index (χ3n) is 4.63. The summed E-state index contributed by atoms with van der Waals surface area (Å²) in [5.41, 5.74) is 1.22. The monoisotopic (exact) mass is 428 g/mol. The van der Waals surface area contributed by atoms with Crippen LogP contribution in [0, 0.1) is 0 Å². The predicted molar refractivity (Wildman–Crippen MR) is 110 cm³/mol. The molecule has 0 fully saturated rings. The van der Waals surface area contributed by atoms with Gasteiger partial charge < -0.3 is 23.5 Å². The Labute approximate surface area is 176 Å². The van der Waals surface area contributed by atoms with E-state index in [-0.39, 0.29) is 12.4 Å². The Bertz CT molecular complexity index is 1180. The number of fused-ring (bicyclic) bond motifs is 2. The first-order valence-electron chi connectivity index (χ1n) is 9.32. The summed E-state index contributed by atoms with van der Waals surface area (Å²) in [6.07, 6.45) is 0.150. The van der Waals surface area contributed by atoms with Gasteiger partial charge in [0.25, 0.3) is 5.91 Å². The molecule has 2 heterocycles. The van der Waals surface area contributed by atoms with E-state index < -0.39 is 5.91 Å². The van der Waals surface area contributed by atoms with Crippen molar-refractivity contribution in [1.29, 1.82) is 0 Å². The van der Waals surface area contributed by atoms with Crippen molar-refractivity contribution in [3.8, 4) is 17.2 Å². The molecule has 3 aromatic rings. The summed E-state index contributed by atoms with van der Waals surface area (Å²) in [7, 11) is 2.89. The number of amides is 1. The number of hydrogen-bond donors (Lipinski definition) is 0. The SMILES string of the molecule is COC(=O)CCn1c(=NC(=O)c2cccc(OC)c2)sc2cc3c(cc21)OCCO3. The zero-order valence-corrected chi connectivity index (χ0v) is 17.4. The minimum Gasteiger partial charge on any atom is -0.497 e. The van der Waals surface area contributed by atoms with Gasteiger partial charge in [-0.3, -0.25) is 9.59 Å². The number of thiazole rings is 1. The van der Waals surface area contributed by atoms with Gasteiger partial charge in [0.2, 0.25) is 0 Å². The van der Waals surface area contributed by atoms with Crippen LogP contribution in [0.3, 0.4) is 0 Å². The largest absolute Gasteiger partial charge is 0.497 e. The molecular formula is C21H20N2O6S. The van der Waals surface area contributed by atoms with Crippen molar-refractivity contribution in [2.75, 3.05) is 27.4 Å². The molecule has 2 aromatic carbocycles. The maximum absolute atomic E-state index is 12.8. The van der Waals surface area contributed by atoms with E-state index in [4.69, 9.17) is 18.9 Å². The first-order chi connectivity index (χ1) is 14.6. The molecule has 9 heteroatoms. The molecule has 156 valence electrons. The Morgan fingerprint density at radius 2 is 1.90 bits per heavy atom. The van der Waals surface area contributed by atoms with Crippen LogP contribution in [0.2, 0.25) is 0 Å². The van der Waals surface area contributed by atoms with Crippen LogP contribution in [0.4, 0.5) is 0 Å². The second-order valence-electron chi connectivity index (χ2n) is 6.47. The molecule has 0 aliphatic carbocycles. The lowest BCUT2D eigenvalue weighted by Gasteiger charge is -2.18. The van der Waals surface area contributed by atoms with E-state index in [1.165, 1.54) is 18.4 Å². The molecule has 0 bridgehead atoms. The summed E-state index contributed by atoms with van der Waals surface area (Å²) < 4.78 is 24.0. The number of ether oxygens (including phenoxy) is 4. The lowest BCUT2D eigenvalue weighted by molar-refractivity contribution is -0.140. The molecule has 0 radical (unpaired) electrons. The van der Waals surface area contributed by atoms with E-state index in [0.29, 0.717) is 47.4 Å². The number of esters is 1. The fourth-order valence-electron chi connectivity index (χ4n) is 3.12. The molecular weight excluding hydrogens is 408 g/mol. The minimum atomic E-state index is -0.399. The Hall–Kier alpha value is -3.33. The highest BCUT2D eigenvalue weighted by Crippen LogP contribution is 2.35. The van der Waals surface area contributed by atoms with Crippen LogP contribution in [0.1, 0.15) is 16.8 Å². The maximum Gasteiger partial charge on any atom is 0.307 e. The summed E-state index contributed by atoms with van der Waals surface area (Å²) in [5.74, 6) is 1.12. The molecule has 0 saturated heterocycles. The van der Waals surface area contributed by atoms with E-state index >= 15 is 0 Å². The summed E-state index contributed by atoms with van der Waals surface area (Å²) in [6, 6.07) is 10.5. The highest BCUT2D eigenvalue weighted by molar-refractivity contribution is 7.16. The molecule has 0 saturated carbocycles. The second kappa shape index (κ2) is 8.58. The van der Waals surface area contributed by atoms with Gasteiger partial charge in [0.15, 0.2) is 16.3 Å². The second-order valence-corrected chi connectivity index (χ2v) is 7.48. The molecule has 1 aliphatic heterocycles. The number of methoxy groups -OCH3 is 2. The summed E-state index contributed by atoms with van der Waals surface area (Å²) >= 11 is 1.35. The number of aryl methyl sites for hydroxylation is 1. The molecule has 1 amide bonds. The van der Waals surface area contributed by atoms with Crippen molar-refractivity contribution >= 4 is 33.4 Å². The van der Waals surface area contributed by atoms with Crippen LogP contribution < -0.4 is 19.0 Å². The van der Waals surface area contributed by atoms with Crippen molar-refractivity contribution in [3.05, 3.63) is 46.8 Å². The van der Waals surface area contributed by atoms with Gasteiger partial charge in [-0.15, -0.1) is 0 Å². The lowest BCUT2D eigenvalue weighted by Crippen LogP contribution is -2.19. The van der Waals surface area contributed by atoms with Crippen LogP contribution in [-0.2, 0) is 16.1 Å². The normalized spacial score (nSPS) is 13.3. The third kappa shape index (κ3) is 4.02. The predicted octanol–water partition coefficient (Wildman–Crippen LogP) is 2.79. The molecule has 4 rings (SSSR count). The molecule has 1 aromatic heterocycles. The maximum atomic E-state index is 12.8. The van der Waals surface area contributed by atoms with E-state index in [1.807, 2.05) is 16.7 Å². The van der Waals surface area contributed by atoms with Crippen molar-refractivity contribution in [2.24, 2.45) is 4.99 Å². The lowest BCUT2D eigenvalue weighted by atomic mass is 10.2. The van der Waals surface area contributed by atoms with E-state index in [9.17, 15) is 9.59 Å². The summed E-state index contributed by atoms with van der Waals surface area (Å²) in [4.78, 5) is 29.3. The Morgan fingerprint density at radius 1 is 1.13 bits per heavy atom. The fourth-order valence-corrected chi connectivity index (χ4v) is 4.19. The Morgan fingerprint density at radius 3 is 2.63 bits per heavy atom. The molecule has 0 spiro atoms. The zero-order chi connectivity index (χ0) is 21.1. The van der Waals surface area contributed by atoms with Crippen molar-refractivity contribution in [1.82, 2.24) is 4.57 Å². The Kier molecular flexibility index (Phi) is 5.71. The van der Waals surface area contributed by atoms with Crippen molar-refractivity contribution in [2.45, 2.75) is 13.0 Å². The van der Waals surface area contributed by atoms with Crippen LogP contribution in [0.5, 0.6) is 17.2 Å². The fraction of sp³-hybridized carbons (Fsp3) is 0.286. The average Bonchev–Trinajstić information content (AvgIpc) is 3.11. The molecule has 1 aliphatic rings. The standard InChI is InChI=1S/C21H20N2O6S/c1-26-14-5-3-4-13(10-14)20(25)22-21-23(7-6-19(24)27-2)15-11-16-17(12-18(15)30-21)29-9-8-28-16/h3-5,10-12H,6-9H2,1-2H3. The Balaban J connectivity index is 1.81. The molecule has 0 N–H and O–H groups in total. The highest BCUT2D eigenvalue weighted by Gasteiger charge is 2.18. The van der Waals surface area contributed by atoms with E-state index in [2.05, 4.69) is 4.99 Å². The first-order valence-corrected chi connectivity index (χ1v) is 10.1. The van der Waals surface area contributed by atoms with Crippen molar-refractivity contribution < 1.29 is 28.5 Å². The van der Waals surface area contributed by atoms with Gasteiger partial charge in [-0.05, 0) is 18.2 Å². The van der Waals surface area contributed by atoms with Gasteiger partial charge in [-0.2, -0.15) is 4.99 Å². The smallest absolute Gasteiger partial charge is 0.307 e. The van der Waals surface area contributed by atoms with Gasteiger partial charge in [-0.1, -0.05) is 17.4 Å². The number of carbonyl (C=O) groups excluding carboxylic acids is 2. The average molecular weight is 428 g/mol. The number of rotatable bonds is 5. The van der Waals surface area contributed by atoms with Gasteiger partial charge >= 0.3 is 5.97 Å². The number of carbonyl (C=O) groups is 2. The van der Waals surface area contributed by atoms with Gasteiger partial charge in [-0.25, -0.2) is 0 Å². The third-order valence-corrected chi connectivity index (χ3v) is 5.67. The summed E-state index contributed by atoms with van der Waals surface area (Å²) in [5, 5.41) is 0. The van der Waals surface area contributed by atoms with Crippen LogP contribution in [-0.4, -0.2) is 43.9 Å². The van der Waals surface area contributed by atoms with E-state index in [1.54, 1.807) is 31.4 Å². The van der Waals surface area contributed by atoms with Crippen LogP contribution >= 0.6 is 11.3 Å². The molecule has 30 heavy (non-hydrogen) atoms. The minimum absolute atomic E-state index is 0.150. The van der Waals surface area contributed by atoms with Crippen LogP contribution in [0.15, 0.2) is 41.4 Å². The molecule has 0 unspecified atom stereocenters. The van der Waals surface area contributed by atoms with Gasteiger partial charge in [0.05, 0.1) is 30.9 Å². The van der Waals surface area contributed by atoms with Gasteiger partial charge in [0.1, 0.15) is 19.0 Å². The topological polar surface area (TPSA) is 88.4 Å². The molecule has 8 nitrogen and oxygen atoms in total. The van der Waals surface area contributed by atoms with E-state index in [0.717, 1.165) is 10.2 Å². The number of aromatic nitrogens is 1. The first kappa shape index (κ1) is 20.0. The number of hydrogen-bond acceptors (Lipinski definition) is 7. The van der Waals surface area contributed by atoms with Crippen LogP contribution in [0.25, 0.3) is 10.2 Å². The van der Waals surface area contributed by atoms with Gasteiger partial charge in [0, 0.05) is 24.2 Å². The van der Waals surface area contributed by atoms with Crippen molar-refractivity contribution in [3.63, 3.8) is 0 Å². The quantitative estimate of drug-likeness (QED) is 0.581. The molecule has 0 atom stereocenters. The number of nitrogens with zero attached hydrogens (tertiary/aromatic N) is 2. The highest BCUT2D eigenvalue weighted by atomic mass is 32.1. The number of benzene rings is 2.